The standard InChI is InChI=1S/C11H21NO4/c1-4-6-7-9(11(14)15)12-10(13)8(3)16-5-2/h8-9H,4-7H2,1-3H3,(H,12,13)(H,14,15). The third-order valence-corrected chi connectivity index (χ3v) is 2.25. The Morgan fingerprint density at radius 1 is 1.38 bits per heavy atom. The molecule has 2 unspecified atom stereocenters. The van der Waals surface area contributed by atoms with Crippen molar-refractivity contribution >= 4 is 11.9 Å². The molecule has 0 radical (unpaired) electrons. The molecule has 2 atom stereocenters. The number of unbranched alkanes of at least 4 members (excludes halogenated alkanes) is 1. The van der Waals surface area contributed by atoms with Crippen molar-refractivity contribution in [3.8, 4) is 0 Å². The number of aliphatic carboxylic acids is 1. The van der Waals surface area contributed by atoms with Crippen LogP contribution in [-0.4, -0.2) is 35.7 Å². The zero-order valence-electron chi connectivity index (χ0n) is 10.2. The predicted molar refractivity (Wildman–Crippen MR) is 60.2 cm³/mol. The van der Waals surface area contributed by atoms with E-state index < -0.39 is 18.1 Å². The largest absolute Gasteiger partial charge is 0.480 e. The van der Waals surface area contributed by atoms with Gasteiger partial charge in [0.1, 0.15) is 12.1 Å². The smallest absolute Gasteiger partial charge is 0.326 e. The normalized spacial score (nSPS) is 14.2. The van der Waals surface area contributed by atoms with E-state index in [4.69, 9.17) is 9.84 Å². The zero-order chi connectivity index (χ0) is 12.6. The Morgan fingerprint density at radius 3 is 2.44 bits per heavy atom. The number of carbonyl (C=O) groups is 2. The minimum Gasteiger partial charge on any atom is -0.480 e. The summed E-state index contributed by atoms with van der Waals surface area (Å²) in [6, 6.07) is -0.810. The van der Waals surface area contributed by atoms with Crippen molar-refractivity contribution in [2.45, 2.75) is 52.2 Å². The maximum Gasteiger partial charge on any atom is 0.326 e. The number of carbonyl (C=O) groups excluding carboxylic acids is 1. The average Bonchev–Trinajstić information content (AvgIpc) is 2.23. The van der Waals surface area contributed by atoms with E-state index in [0.29, 0.717) is 13.0 Å². The van der Waals surface area contributed by atoms with Crippen molar-refractivity contribution in [3.05, 3.63) is 0 Å². The lowest BCUT2D eigenvalue weighted by Crippen LogP contribution is -2.45. The topological polar surface area (TPSA) is 75.6 Å². The predicted octanol–water partition coefficient (Wildman–Crippen LogP) is 1.17. The molecule has 2 N–H and O–H groups in total. The number of amides is 1. The lowest BCUT2D eigenvalue weighted by molar-refractivity contribution is -0.144. The second kappa shape index (κ2) is 8.10. The van der Waals surface area contributed by atoms with Gasteiger partial charge in [-0.25, -0.2) is 4.79 Å². The summed E-state index contributed by atoms with van der Waals surface area (Å²) in [6.07, 6.45) is 1.53. The molecule has 0 saturated carbocycles. The van der Waals surface area contributed by atoms with Gasteiger partial charge in [0.15, 0.2) is 0 Å². The Labute approximate surface area is 96.2 Å². The van der Waals surface area contributed by atoms with Gasteiger partial charge >= 0.3 is 5.97 Å². The number of carboxylic acid groups (broad SMARTS) is 1. The van der Waals surface area contributed by atoms with Gasteiger partial charge < -0.3 is 15.2 Å². The van der Waals surface area contributed by atoms with Crippen LogP contribution in [0.5, 0.6) is 0 Å². The summed E-state index contributed by atoms with van der Waals surface area (Å²) in [5, 5.41) is 11.4. The van der Waals surface area contributed by atoms with Gasteiger partial charge in [-0.15, -0.1) is 0 Å². The Morgan fingerprint density at radius 2 is 2.00 bits per heavy atom. The Balaban J connectivity index is 4.17. The maximum absolute atomic E-state index is 11.5. The number of carboxylic acids is 1. The third kappa shape index (κ3) is 5.70. The SMILES string of the molecule is CCCCC(NC(=O)C(C)OCC)C(=O)O. The molecule has 16 heavy (non-hydrogen) atoms. The lowest BCUT2D eigenvalue weighted by atomic mass is 10.1. The van der Waals surface area contributed by atoms with E-state index in [9.17, 15) is 9.59 Å². The van der Waals surface area contributed by atoms with Crippen molar-refractivity contribution in [1.29, 1.82) is 0 Å². The van der Waals surface area contributed by atoms with E-state index in [1.165, 1.54) is 0 Å². The number of nitrogens with one attached hydrogen (secondary N) is 1. The molecular weight excluding hydrogens is 210 g/mol. The van der Waals surface area contributed by atoms with Gasteiger partial charge in [-0.3, -0.25) is 4.79 Å². The van der Waals surface area contributed by atoms with Gasteiger partial charge in [0.2, 0.25) is 5.91 Å². The van der Waals surface area contributed by atoms with E-state index in [2.05, 4.69) is 5.32 Å². The monoisotopic (exact) mass is 231 g/mol. The van der Waals surface area contributed by atoms with Crippen LogP contribution in [0.15, 0.2) is 0 Å². The highest BCUT2D eigenvalue weighted by molar-refractivity contribution is 5.85. The van der Waals surface area contributed by atoms with Gasteiger partial charge in [-0.05, 0) is 20.3 Å². The zero-order valence-corrected chi connectivity index (χ0v) is 10.2. The van der Waals surface area contributed by atoms with E-state index >= 15 is 0 Å². The molecule has 0 heterocycles. The Kier molecular flexibility index (Phi) is 7.54. The summed E-state index contributed by atoms with van der Waals surface area (Å²) >= 11 is 0. The van der Waals surface area contributed by atoms with Crippen molar-refractivity contribution in [2.24, 2.45) is 0 Å². The van der Waals surface area contributed by atoms with Crippen LogP contribution >= 0.6 is 0 Å². The van der Waals surface area contributed by atoms with Gasteiger partial charge in [-0.1, -0.05) is 19.8 Å². The highest BCUT2D eigenvalue weighted by atomic mass is 16.5. The highest BCUT2D eigenvalue weighted by Crippen LogP contribution is 2.02. The molecule has 0 aliphatic carbocycles. The van der Waals surface area contributed by atoms with Gasteiger partial charge in [0.25, 0.3) is 0 Å². The van der Waals surface area contributed by atoms with Crippen LogP contribution in [0.2, 0.25) is 0 Å². The van der Waals surface area contributed by atoms with Crippen LogP contribution < -0.4 is 5.32 Å². The first-order chi connectivity index (χ1) is 7.52. The van der Waals surface area contributed by atoms with E-state index in [0.717, 1.165) is 12.8 Å². The van der Waals surface area contributed by atoms with Crippen molar-refractivity contribution in [2.75, 3.05) is 6.61 Å². The van der Waals surface area contributed by atoms with Gasteiger partial charge in [0, 0.05) is 6.61 Å². The molecule has 94 valence electrons. The van der Waals surface area contributed by atoms with Crippen molar-refractivity contribution in [1.82, 2.24) is 5.32 Å². The number of hydrogen-bond donors (Lipinski definition) is 2. The third-order valence-electron chi connectivity index (χ3n) is 2.25. The summed E-state index contributed by atoms with van der Waals surface area (Å²) in [4.78, 5) is 22.4. The summed E-state index contributed by atoms with van der Waals surface area (Å²) in [7, 11) is 0. The first-order valence-corrected chi connectivity index (χ1v) is 5.67. The Bertz CT molecular complexity index is 230. The van der Waals surface area contributed by atoms with Crippen LogP contribution in [0.25, 0.3) is 0 Å². The minimum atomic E-state index is -0.995. The van der Waals surface area contributed by atoms with E-state index in [1.807, 2.05) is 6.92 Å². The first kappa shape index (κ1) is 14.9. The number of rotatable bonds is 8. The molecule has 5 nitrogen and oxygen atoms in total. The summed E-state index contributed by atoms with van der Waals surface area (Å²) in [5.41, 5.74) is 0. The first-order valence-electron chi connectivity index (χ1n) is 5.67. The van der Waals surface area contributed by atoms with Gasteiger partial charge in [0.05, 0.1) is 0 Å². The highest BCUT2D eigenvalue weighted by Gasteiger charge is 2.22. The fourth-order valence-electron chi connectivity index (χ4n) is 1.28. The minimum absolute atomic E-state index is 0.370. The molecule has 5 heteroatoms. The van der Waals surface area contributed by atoms with Crippen LogP contribution in [-0.2, 0) is 14.3 Å². The van der Waals surface area contributed by atoms with Gasteiger partial charge in [-0.2, -0.15) is 0 Å². The fraction of sp³-hybridized carbons (Fsp3) is 0.818. The second-order valence-electron chi connectivity index (χ2n) is 3.64. The second-order valence-corrected chi connectivity index (χ2v) is 3.64. The number of ether oxygens (including phenoxy) is 1. The lowest BCUT2D eigenvalue weighted by Gasteiger charge is -2.17. The molecule has 0 rings (SSSR count). The Hall–Kier alpha value is -1.10. The molecular formula is C11H21NO4. The van der Waals surface area contributed by atoms with E-state index in [-0.39, 0.29) is 5.91 Å². The van der Waals surface area contributed by atoms with Crippen LogP contribution in [0.3, 0.4) is 0 Å². The molecule has 0 saturated heterocycles. The van der Waals surface area contributed by atoms with E-state index in [1.54, 1.807) is 13.8 Å². The average molecular weight is 231 g/mol. The van der Waals surface area contributed by atoms with Crippen LogP contribution in [0.1, 0.15) is 40.0 Å². The fourth-order valence-corrected chi connectivity index (χ4v) is 1.28. The molecule has 0 aromatic rings. The molecule has 0 aliphatic rings. The maximum atomic E-state index is 11.5. The van der Waals surface area contributed by atoms with Crippen LogP contribution in [0.4, 0.5) is 0 Å². The molecule has 0 aromatic heterocycles. The molecule has 0 spiro atoms. The van der Waals surface area contributed by atoms with Crippen molar-refractivity contribution in [3.63, 3.8) is 0 Å². The summed E-state index contributed by atoms with van der Waals surface area (Å²) < 4.78 is 5.08. The summed E-state index contributed by atoms with van der Waals surface area (Å²) in [6.45, 7) is 5.80. The summed E-state index contributed by atoms with van der Waals surface area (Å²) in [5.74, 6) is -1.36. The molecule has 1 amide bonds. The molecule has 0 aromatic carbocycles. The quantitative estimate of drug-likeness (QED) is 0.657. The molecule has 0 fully saturated rings. The van der Waals surface area contributed by atoms with Crippen molar-refractivity contribution < 1.29 is 19.4 Å². The molecule has 0 aliphatic heterocycles. The molecule has 0 bridgehead atoms. The number of hydrogen-bond acceptors (Lipinski definition) is 3. The van der Waals surface area contributed by atoms with Crippen LogP contribution in [0, 0.1) is 0 Å².